The molecule has 0 bridgehead atoms. The molecule has 0 aliphatic carbocycles. The van der Waals surface area contributed by atoms with E-state index in [0.717, 1.165) is 72.8 Å². The Kier molecular flexibility index (Phi) is 9.85. The van der Waals surface area contributed by atoms with Crippen LogP contribution in [0.4, 0.5) is 10.1 Å². The number of carboxylic acids is 1. The Balaban J connectivity index is 1.57. The minimum Gasteiger partial charge on any atom is -0.493 e. The number of hydrogen-bond donors (Lipinski definition) is 1. The fourth-order valence-corrected chi connectivity index (χ4v) is 6.15. The molecule has 2 fully saturated rings. The summed E-state index contributed by atoms with van der Waals surface area (Å²) >= 11 is 0. The molecule has 1 N–H and O–H groups in total. The summed E-state index contributed by atoms with van der Waals surface area (Å²) in [7, 11) is 0. The van der Waals surface area contributed by atoms with E-state index >= 15 is 0 Å². The van der Waals surface area contributed by atoms with E-state index in [4.69, 9.17) is 14.5 Å². The van der Waals surface area contributed by atoms with Gasteiger partial charge in [-0.2, -0.15) is 0 Å². The quantitative estimate of drug-likeness (QED) is 0.238. The second-order valence-electron chi connectivity index (χ2n) is 14.3. The van der Waals surface area contributed by atoms with Crippen molar-refractivity contribution in [2.24, 2.45) is 5.41 Å². The topological polar surface area (TPSA) is 75.1 Å². The molecule has 0 spiro atoms. The van der Waals surface area contributed by atoms with Gasteiger partial charge in [0.2, 0.25) is 0 Å². The van der Waals surface area contributed by atoms with E-state index in [-0.39, 0.29) is 11.2 Å². The fraction of sp³-hybridized carbons (Fsp3) is 0.514. The summed E-state index contributed by atoms with van der Waals surface area (Å²) < 4.78 is 25.6. The van der Waals surface area contributed by atoms with Crippen LogP contribution in [0.5, 0.6) is 5.75 Å². The lowest BCUT2D eigenvalue weighted by Gasteiger charge is -2.41. The maximum Gasteiger partial charge on any atom is 0.337 e. The molecule has 2 saturated heterocycles. The predicted octanol–water partition coefficient (Wildman–Crippen LogP) is 7.59. The number of likely N-dealkylation sites (tertiary alicyclic amines) is 1. The number of aryl methyl sites for hydroxylation is 1. The molecule has 0 radical (unpaired) electrons. The minimum absolute atomic E-state index is 0.223. The molecule has 242 valence electrons. The average molecular weight is 618 g/mol. The minimum atomic E-state index is -1.16. The van der Waals surface area contributed by atoms with E-state index in [2.05, 4.69) is 35.8 Å². The van der Waals surface area contributed by atoms with Crippen molar-refractivity contribution in [3.63, 3.8) is 0 Å². The van der Waals surface area contributed by atoms with Crippen LogP contribution in [-0.4, -0.2) is 59.3 Å². The summed E-state index contributed by atoms with van der Waals surface area (Å²) in [6.07, 6.45) is 2.70. The van der Waals surface area contributed by atoms with Gasteiger partial charge in [0.25, 0.3) is 0 Å². The van der Waals surface area contributed by atoms with Crippen molar-refractivity contribution in [1.29, 1.82) is 0 Å². The molecule has 45 heavy (non-hydrogen) atoms. The number of anilines is 1. The summed E-state index contributed by atoms with van der Waals surface area (Å²) in [5, 5.41) is 10.5. The average Bonchev–Trinajstić information content (AvgIpc) is 2.95. The van der Waals surface area contributed by atoms with E-state index in [1.165, 1.54) is 18.6 Å². The third kappa shape index (κ3) is 8.22. The molecule has 3 aromatic rings. The summed E-state index contributed by atoms with van der Waals surface area (Å²) in [5.41, 5.74) is 5.75. The second-order valence-corrected chi connectivity index (χ2v) is 14.3. The van der Waals surface area contributed by atoms with Gasteiger partial charge in [0.15, 0.2) is 6.10 Å². The molecule has 2 aromatic carbocycles. The lowest BCUT2D eigenvalue weighted by molar-refractivity contribution is -0.160. The van der Waals surface area contributed by atoms with Crippen molar-refractivity contribution in [2.75, 3.05) is 37.7 Å². The Bertz CT molecular complexity index is 1470. The van der Waals surface area contributed by atoms with Gasteiger partial charge in [-0.25, -0.2) is 9.18 Å². The number of aromatic nitrogens is 1. The van der Waals surface area contributed by atoms with E-state index in [1.54, 1.807) is 12.1 Å². The molecule has 0 saturated carbocycles. The fourth-order valence-electron chi connectivity index (χ4n) is 6.15. The van der Waals surface area contributed by atoms with Gasteiger partial charge in [0, 0.05) is 42.9 Å². The smallest absolute Gasteiger partial charge is 0.337 e. The highest BCUT2D eigenvalue weighted by atomic mass is 19.1. The molecule has 1 aromatic heterocycles. The third-order valence-electron chi connectivity index (χ3n) is 8.90. The van der Waals surface area contributed by atoms with Crippen LogP contribution in [0.15, 0.2) is 48.5 Å². The predicted molar refractivity (Wildman–Crippen MR) is 176 cm³/mol. The molecule has 0 amide bonds. The first-order valence-corrected chi connectivity index (χ1v) is 16.2. The molecule has 1 atom stereocenters. The summed E-state index contributed by atoms with van der Waals surface area (Å²) in [5.74, 6) is -0.518. The van der Waals surface area contributed by atoms with Crippen molar-refractivity contribution in [3.05, 3.63) is 76.9 Å². The molecule has 2 aliphatic heterocycles. The Morgan fingerprint density at radius 2 is 1.67 bits per heavy atom. The summed E-state index contributed by atoms with van der Waals surface area (Å²) in [4.78, 5) is 22.8. The Morgan fingerprint density at radius 1 is 1.02 bits per heavy atom. The van der Waals surface area contributed by atoms with Crippen LogP contribution in [0.1, 0.15) is 82.5 Å². The molecular formula is C37H48FN3O4. The maximum absolute atomic E-state index is 13.3. The van der Waals surface area contributed by atoms with Gasteiger partial charge >= 0.3 is 5.97 Å². The zero-order valence-electron chi connectivity index (χ0n) is 27.7. The van der Waals surface area contributed by atoms with Gasteiger partial charge in [0.1, 0.15) is 11.6 Å². The van der Waals surface area contributed by atoms with Crippen LogP contribution in [-0.2, 0) is 22.5 Å². The SMILES string of the molecule is Cc1nc(CN2CCC2)c(-c2ccc(OCCc3ccc(F)cc3)cc2)c(N2CCC(C)(C)CC2)c1[C@H](OC(C)(C)C)C(=O)O. The van der Waals surface area contributed by atoms with Crippen molar-refractivity contribution in [3.8, 4) is 16.9 Å². The van der Waals surface area contributed by atoms with Crippen molar-refractivity contribution >= 4 is 11.7 Å². The number of halogens is 1. The normalized spacial score (nSPS) is 17.5. The van der Waals surface area contributed by atoms with Gasteiger partial charge in [-0.15, -0.1) is 0 Å². The molecule has 2 aliphatic rings. The summed E-state index contributed by atoms with van der Waals surface area (Å²) in [6.45, 7) is 17.1. The number of carbonyl (C=O) groups is 1. The van der Waals surface area contributed by atoms with Gasteiger partial charge in [-0.05, 0) is 101 Å². The Labute approximate surface area is 267 Å². The molecule has 5 rings (SSSR count). The number of nitrogens with zero attached hydrogens (tertiary/aromatic N) is 3. The van der Waals surface area contributed by atoms with E-state index < -0.39 is 17.7 Å². The number of piperidine rings is 1. The number of carboxylic acid groups (broad SMARTS) is 1. The monoisotopic (exact) mass is 617 g/mol. The Morgan fingerprint density at radius 3 is 2.22 bits per heavy atom. The van der Waals surface area contributed by atoms with Crippen LogP contribution in [0.25, 0.3) is 11.1 Å². The molecular weight excluding hydrogens is 569 g/mol. The van der Waals surface area contributed by atoms with Crippen LogP contribution < -0.4 is 9.64 Å². The van der Waals surface area contributed by atoms with E-state index in [9.17, 15) is 14.3 Å². The molecule has 7 nitrogen and oxygen atoms in total. The zero-order chi connectivity index (χ0) is 32.4. The number of rotatable bonds is 11. The number of ether oxygens (including phenoxy) is 2. The van der Waals surface area contributed by atoms with E-state index in [1.807, 2.05) is 39.8 Å². The number of benzene rings is 2. The van der Waals surface area contributed by atoms with Gasteiger partial charge < -0.3 is 19.5 Å². The van der Waals surface area contributed by atoms with Crippen molar-refractivity contribution in [1.82, 2.24) is 9.88 Å². The van der Waals surface area contributed by atoms with Crippen molar-refractivity contribution in [2.45, 2.75) is 85.5 Å². The highest BCUT2D eigenvalue weighted by Crippen LogP contribution is 2.45. The first-order valence-electron chi connectivity index (χ1n) is 16.2. The van der Waals surface area contributed by atoms with Crippen LogP contribution >= 0.6 is 0 Å². The third-order valence-corrected chi connectivity index (χ3v) is 8.90. The van der Waals surface area contributed by atoms with E-state index in [0.29, 0.717) is 30.8 Å². The highest BCUT2D eigenvalue weighted by Gasteiger charge is 2.37. The Hall–Kier alpha value is -3.49. The van der Waals surface area contributed by atoms with Crippen LogP contribution in [0, 0.1) is 18.2 Å². The maximum atomic E-state index is 13.3. The lowest BCUT2D eigenvalue weighted by Crippen LogP contribution is -2.40. The largest absolute Gasteiger partial charge is 0.493 e. The number of aliphatic carboxylic acids is 1. The number of pyridine rings is 1. The van der Waals surface area contributed by atoms with Crippen molar-refractivity contribution < 1.29 is 23.8 Å². The number of hydrogen-bond acceptors (Lipinski definition) is 6. The zero-order valence-corrected chi connectivity index (χ0v) is 27.7. The summed E-state index contributed by atoms with van der Waals surface area (Å²) in [6, 6.07) is 14.5. The second kappa shape index (κ2) is 13.5. The van der Waals surface area contributed by atoms with Crippen LogP contribution in [0.3, 0.4) is 0 Å². The molecule has 0 unspecified atom stereocenters. The lowest BCUT2D eigenvalue weighted by atomic mass is 9.81. The van der Waals surface area contributed by atoms with Gasteiger partial charge in [-0.3, -0.25) is 9.88 Å². The standard InChI is InChI=1S/C37H48FN3O4/c1-25-31(34(35(42)43)45-36(2,3)4)33(41-21-17-37(5,6)18-22-41)32(30(39-25)24-40-19-7-20-40)27-10-14-29(15-11-27)44-23-16-26-8-12-28(38)13-9-26/h8-15,34H,7,16-24H2,1-6H3,(H,42,43)/t34-/m0/s1. The molecule has 3 heterocycles. The van der Waals surface area contributed by atoms with Gasteiger partial charge in [0.05, 0.1) is 23.6 Å². The first-order chi connectivity index (χ1) is 21.3. The highest BCUT2D eigenvalue weighted by molar-refractivity contribution is 5.88. The molecule has 8 heteroatoms. The van der Waals surface area contributed by atoms with Gasteiger partial charge in [-0.1, -0.05) is 38.1 Å². The van der Waals surface area contributed by atoms with Crippen LogP contribution in [0.2, 0.25) is 0 Å². The first kappa shape index (κ1) is 32.9.